The SMILES string of the molecule is CC(C)[C@H]1COC(c2cc(O)cc(Br)c2)=N1. The third kappa shape index (κ3) is 2.38. The Kier molecular flexibility index (Phi) is 3.19. The molecular weight excluding hydrogens is 270 g/mol. The van der Waals surface area contributed by atoms with Crippen LogP contribution in [0.25, 0.3) is 0 Å². The summed E-state index contributed by atoms with van der Waals surface area (Å²) in [6.07, 6.45) is 0. The minimum Gasteiger partial charge on any atom is -0.508 e. The highest BCUT2D eigenvalue weighted by Gasteiger charge is 2.23. The Balaban J connectivity index is 2.28. The van der Waals surface area contributed by atoms with E-state index in [-0.39, 0.29) is 11.8 Å². The number of benzene rings is 1. The number of nitrogens with zero attached hydrogens (tertiary/aromatic N) is 1. The van der Waals surface area contributed by atoms with E-state index in [1.165, 1.54) is 0 Å². The number of rotatable bonds is 2. The maximum atomic E-state index is 9.49. The highest BCUT2D eigenvalue weighted by Crippen LogP contribution is 2.24. The lowest BCUT2D eigenvalue weighted by Gasteiger charge is -2.06. The zero-order chi connectivity index (χ0) is 11.7. The molecule has 1 aliphatic heterocycles. The van der Waals surface area contributed by atoms with E-state index < -0.39 is 0 Å². The molecule has 0 unspecified atom stereocenters. The van der Waals surface area contributed by atoms with Crippen LogP contribution < -0.4 is 0 Å². The number of hydrogen-bond donors (Lipinski definition) is 1. The second-order valence-corrected chi connectivity index (χ2v) is 5.17. The number of aliphatic imine (C=N–C) groups is 1. The maximum absolute atomic E-state index is 9.49. The van der Waals surface area contributed by atoms with Crippen LogP contribution in [0.2, 0.25) is 0 Å². The quantitative estimate of drug-likeness (QED) is 0.907. The van der Waals surface area contributed by atoms with Crippen LogP contribution in [0.5, 0.6) is 5.75 Å². The zero-order valence-electron chi connectivity index (χ0n) is 9.27. The molecule has 0 aromatic heterocycles. The molecule has 2 rings (SSSR count). The molecule has 4 heteroatoms. The first kappa shape index (κ1) is 11.5. The minimum atomic E-state index is 0.212. The average molecular weight is 284 g/mol. The van der Waals surface area contributed by atoms with Crippen LogP contribution in [0, 0.1) is 5.92 Å². The molecule has 0 saturated carbocycles. The molecule has 0 spiro atoms. The first-order chi connectivity index (χ1) is 7.56. The summed E-state index contributed by atoms with van der Waals surface area (Å²) >= 11 is 3.33. The lowest BCUT2D eigenvalue weighted by molar-refractivity contribution is 0.291. The topological polar surface area (TPSA) is 41.8 Å². The van der Waals surface area contributed by atoms with Gasteiger partial charge in [0.1, 0.15) is 12.4 Å². The van der Waals surface area contributed by atoms with Crippen LogP contribution in [0.3, 0.4) is 0 Å². The molecule has 3 nitrogen and oxygen atoms in total. The van der Waals surface area contributed by atoms with Gasteiger partial charge in [0.15, 0.2) is 0 Å². The van der Waals surface area contributed by atoms with Crippen LogP contribution in [0.4, 0.5) is 0 Å². The van der Waals surface area contributed by atoms with Gasteiger partial charge in [0.25, 0.3) is 0 Å². The largest absolute Gasteiger partial charge is 0.508 e. The van der Waals surface area contributed by atoms with Crippen molar-refractivity contribution in [2.24, 2.45) is 10.9 Å². The highest BCUT2D eigenvalue weighted by molar-refractivity contribution is 9.10. The molecule has 86 valence electrons. The van der Waals surface area contributed by atoms with Crippen LogP contribution in [0.15, 0.2) is 27.7 Å². The Morgan fingerprint density at radius 2 is 2.19 bits per heavy atom. The fraction of sp³-hybridized carbons (Fsp3) is 0.417. The number of phenolic OH excluding ortho intramolecular Hbond substituents is 1. The van der Waals surface area contributed by atoms with Gasteiger partial charge in [-0.05, 0) is 24.1 Å². The molecule has 1 atom stereocenters. The van der Waals surface area contributed by atoms with Gasteiger partial charge < -0.3 is 9.84 Å². The predicted octanol–water partition coefficient (Wildman–Crippen LogP) is 2.96. The van der Waals surface area contributed by atoms with E-state index >= 15 is 0 Å². The number of halogens is 1. The van der Waals surface area contributed by atoms with Crippen molar-refractivity contribution >= 4 is 21.8 Å². The van der Waals surface area contributed by atoms with Crippen molar-refractivity contribution in [2.75, 3.05) is 6.61 Å². The third-order valence-corrected chi connectivity index (χ3v) is 3.03. The molecule has 16 heavy (non-hydrogen) atoms. The zero-order valence-corrected chi connectivity index (χ0v) is 10.9. The molecule has 0 radical (unpaired) electrons. The molecule has 1 N–H and O–H groups in total. The molecule has 0 fully saturated rings. The summed E-state index contributed by atoms with van der Waals surface area (Å²) in [6.45, 7) is 4.87. The van der Waals surface area contributed by atoms with Gasteiger partial charge in [0.2, 0.25) is 5.90 Å². The van der Waals surface area contributed by atoms with Crippen molar-refractivity contribution in [2.45, 2.75) is 19.9 Å². The van der Waals surface area contributed by atoms with Gasteiger partial charge in [0, 0.05) is 10.0 Å². The van der Waals surface area contributed by atoms with Crippen LogP contribution in [-0.4, -0.2) is 23.7 Å². The van der Waals surface area contributed by atoms with Gasteiger partial charge in [-0.15, -0.1) is 0 Å². The van der Waals surface area contributed by atoms with Crippen molar-refractivity contribution in [3.8, 4) is 5.75 Å². The monoisotopic (exact) mass is 283 g/mol. The fourth-order valence-electron chi connectivity index (χ4n) is 1.59. The second kappa shape index (κ2) is 4.45. The first-order valence-electron chi connectivity index (χ1n) is 5.27. The normalized spacial score (nSPS) is 19.8. The fourth-order valence-corrected chi connectivity index (χ4v) is 2.07. The summed E-state index contributed by atoms with van der Waals surface area (Å²) in [7, 11) is 0. The Labute approximate surface area is 103 Å². The number of aromatic hydroxyl groups is 1. The summed E-state index contributed by atoms with van der Waals surface area (Å²) in [5.41, 5.74) is 0.815. The van der Waals surface area contributed by atoms with Gasteiger partial charge >= 0.3 is 0 Å². The molecule has 1 aliphatic rings. The van der Waals surface area contributed by atoms with E-state index in [1.807, 2.05) is 6.07 Å². The Bertz CT molecular complexity index is 409. The number of hydrogen-bond acceptors (Lipinski definition) is 3. The Hall–Kier alpha value is -1.03. The average Bonchev–Trinajstić information content (AvgIpc) is 2.64. The van der Waals surface area contributed by atoms with Gasteiger partial charge in [-0.3, -0.25) is 0 Å². The van der Waals surface area contributed by atoms with Crippen molar-refractivity contribution in [3.63, 3.8) is 0 Å². The maximum Gasteiger partial charge on any atom is 0.216 e. The molecule has 0 bridgehead atoms. The van der Waals surface area contributed by atoms with Gasteiger partial charge in [-0.2, -0.15) is 0 Å². The van der Waals surface area contributed by atoms with E-state index in [0.29, 0.717) is 18.4 Å². The van der Waals surface area contributed by atoms with Crippen LogP contribution in [-0.2, 0) is 4.74 Å². The molecule has 1 heterocycles. The molecule has 1 aromatic carbocycles. The smallest absolute Gasteiger partial charge is 0.216 e. The summed E-state index contributed by atoms with van der Waals surface area (Å²) in [4.78, 5) is 4.50. The van der Waals surface area contributed by atoms with Crippen molar-refractivity contribution < 1.29 is 9.84 Å². The van der Waals surface area contributed by atoms with E-state index in [1.54, 1.807) is 12.1 Å². The minimum absolute atomic E-state index is 0.212. The van der Waals surface area contributed by atoms with E-state index in [4.69, 9.17) is 4.74 Å². The van der Waals surface area contributed by atoms with Gasteiger partial charge in [-0.25, -0.2) is 4.99 Å². The molecule has 0 aliphatic carbocycles. The first-order valence-corrected chi connectivity index (χ1v) is 6.06. The van der Waals surface area contributed by atoms with Crippen molar-refractivity contribution in [3.05, 3.63) is 28.2 Å². The second-order valence-electron chi connectivity index (χ2n) is 4.25. The van der Waals surface area contributed by atoms with E-state index in [0.717, 1.165) is 10.0 Å². The third-order valence-electron chi connectivity index (χ3n) is 2.57. The molecule has 0 saturated heterocycles. The molecule has 1 aromatic rings. The standard InChI is InChI=1S/C12H14BrNO2/c1-7(2)11-6-16-12(14-11)8-3-9(13)5-10(15)4-8/h3-5,7,11,15H,6H2,1-2H3/t11-/m1/s1. The number of ether oxygens (including phenoxy) is 1. The lowest BCUT2D eigenvalue weighted by atomic mass is 10.1. The van der Waals surface area contributed by atoms with Crippen molar-refractivity contribution in [1.29, 1.82) is 0 Å². The van der Waals surface area contributed by atoms with Crippen LogP contribution >= 0.6 is 15.9 Å². The van der Waals surface area contributed by atoms with Gasteiger partial charge in [-0.1, -0.05) is 29.8 Å². The van der Waals surface area contributed by atoms with E-state index in [9.17, 15) is 5.11 Å². The predicted molar refractivity (Wildman–Crippen MR) is 66.9 cm³/mol. The lowest BCUT2D eigenvalue weighted by Crippen LogP contribution is -2.13. The van der Waals surface area contributed by atoms with Crippen molar-refractivity contribution in [1.82, 2.24) is 0 Å². The molecule has 0 amide bonds. The summed E-state index contributed by atoms with van der Waals surface area (Å²) < 4.78 is 6.36. The molecular formula is C12H14BrNO2. The Morgan fingerprint density at radius 3 is 2.75 bits per heavy atom. The summed E-state index contributed by atoms with van der Waals surface area (Å²) in [5, 5.41) is 9.49. The highest BCUT2D eigenvalue weighted by atomic mass is 79.9. The van der Waals surface area contributed by atoms with E-state index in [2.05, 4.69) is 34.8 Å². The summed E-state index contributed by atoms with van der Waals surface area (Å²) in [5.74, 6) is 1.30. The summed E-state index contributed by atoms with van der Waals surface area (Å²) in [6, 6.07) is 5.41. The Morgan fingerprint density at radius 1 is 1.44 bits per heavy atom. The number of phenols is 1. The van der Waals surface area contributed by atoms with Crippen LogP contribution in [0.1, 0.15) is 19.4 Å². The van der Waals surface area contributed by atoms with Gasteiger partial charge in [0.05, 0.1) is 6.04 Å².